The van der Waals surface area contributed by atoms with Crippen LogP contribution in [0.5, 0.6) is 0 Å². The van der Waals surface area contributed by atoms with E-state index in [1.165, 1.54) is 11.9 Å². The van der Waals surface area contributed by atoms with Crippen LogP contribution in [0.2, 0.25) is 0 Å². The number of hydrogen-bond acceptors (Lipinski definition) is 3. The van der Waals surface area contributed by atoms with Crippen molar-refractivity contribution in [2.24, 2.45) is 11.8 Å². The molecule has 0 bridgehead atoms. The van der Waals surface area contributed by atoms with E-state index in [0.717, 1.165) is 0 Å². The molecule has 1 saturated carbocycles. The Kier molecular flexibility index (Phi) is 7.79. The molecule has 0 aromatic heterocycles. The Morgan fingerprint density at radius 3 is 2.33 bits per heavy atom. The molecule has 2 atom stereocenters. The van der Waals surface area contributed by atoms with Gasteiger partial charge < -0.3 is 15.1 Å². The lowest BCUT2D eigenvalue weighted by molar-refractivity contribution is -0.200. The summed E-state index contributed by atoms with van der Waals surface area (Å²) in [5.41, 5.74) is 0. The number of rotatable bonds is 3. The molecule has 1 saturated heterocycles. The van der Waals surface area contributed by atoms with Crippen molar-refractivity contribution in [3.8, 4) is 0 Å². The van der Waals surface area contributed by atoms with Crippen molar-refractivity contribution in [2.45, 2.75) is 31.9 Å². The molecule has 9 heteroatoms. The van der Waals surface area contributed by atoms with Gasteiger partial charge in [-0.2, -0.15) is 13.2 Å². The lowest BCUT2D eigenvalue weighted by Crippen LogP contribution is -2.51. The first-order valence-corrected chi connectivity index (χ1v) is 8.11. The first-order chi connectivity index (χ1) is 10.8. The number of alkyl halides is 3. The normalized spacial score (nSPS) is 24.9. The number of nitrogens with one attached hydrogen (secondary N) is 1. The SMILES string of the molecule is CN(CC(=O)N1CCNCC1)C(=O)C1CCCCC1C(F)(F)F.Cl. The summed E-state index contributed by atoms with van der Waals surface area (Å²) in [7, 11) is 1.42. The number of carbonyl (C=O) groups is 2. The van der Waals surface area contributed by atoms with E-state index in [9.17, 15) is 22.8 Å². The zero-order chi connectivity index (χ0) is 17.0. The Bertz CT molecular complexity index is 442. The maximum absolute atomic E-state index is 13.1. The van der Waals surface area contributed by atoms with Gasteiger partial charge in [0, 0.05) is 39.1 Å². The van der Waals surface area contributed by atoms with E-state index in [1.807, 2.05) is 0 Å². The molecule has 5 nitrogen and oxygen atoms in total. The van der Waals surface area contributed by atoms with Crippen LogP contribution in [0.1, 0.15) is 25.7 Å². The van der Waals surface area contributed by atoms with Gasteiger partial charge in [-0.05, 0) is 12.8 Å². The molecule has 1 heterocycles. The van der Waals surface area contributed by atoms with E-state index in [-0.39, 0.29) is 37.7 Å². The molecule has 2 rings (SSSR count). The Labute approximate surface area is 146 Å². The van der Waals surface area contributed by atoms with Gasteiger partial charge in [0.25, 0.3) is 0 Å². The molecule has 24 heavy (non-hydrogen) atoms. The minimum atomic E-state index is -4.36. The monoisotopic (exact) mass is 371 g/mol. The van der Waals surface area contributed by atoms with E-state index in [2.05, 4.69) is 5.32 Å². The molecule has 1 aliphatic heterocycles. The molecule has 1 aliphatic carbocycles. The molecule has 0 aromatic rings. The van der Waals surface area contributed by atoms with Crippen molar-refractivity contribution in [3.63, 3.8) is 0 Å². The van der Waals surface area contributed by atoms with Gasteiger partial charge >= 0.3 is 6.18 Å². The van der Waals surface area contributed by atoms with Gasteiger partial charge in [-0.3, -0.25) is 9.59 Å². The van der Waals surface area contributed by atoms with Crippen molar-refractivity contribution >= 4 is 24.2 Å². The minimum absolute atomic E-state index is 0. The summed E-state index contributed by atoms with van der Waals surface area (Å²) in [4.78, 5) is 27.4. The predicted molar refractivity (Wildman–Crippen MR) is 85.8 cm³/mol. The maximum atomic E-state index is 13.1. The Morgan fingerprint density at radius 2 is 1.75 bits per heavy atom. The van der Waals surface area contributed by atoms with Gasteiger partial charge in [0.15, 0.2) is 0 Å². The Morgan fingerprint density at radius 1 is 1.17 bits per heavy atom. The molecule has 0 aromatic carbocycles. The molecular formula is C15H25ClF3N3O2. The fraction of sp³-hybridized carbons (Fsp3) is 0.867. The van der Waals surface area contributed by atoms with Crippen LogP contribution >= 0.6 is 12.4 Å². The summed E-state index contributed by atoms with van der Waals surface area (Å²) in [5, 5.41) is 3.12. The molecule has 2 unspecified atom stereocenters. The third kappa shape index (κ3) is 5.24. The molecular weight excluding hydrogens is 347 g/mol. The first kappa shape index (κ1) is 21.0. The lowest BCUT2D eigenvalue weighted by Gasteiger charge is -2.35. The summed E-state index contributed by atoms with van der Waals surface area (Å²) in [6.07, 6.45) is -2.99. The summed E-state index contributed by atoms with van der Waals surface area (Å²) in [5.74, 6) is -3.40. The molecule has 0 radical (unpaired) electrons. The number of piperazine rings is 1. The van der Waals surface area contributed by atoms with Crippen LogP contribution in [-0.4, -0.2) is 67.6 Å². The number of amides is 2. The maximum Gasteiger partial charge on any atom is 0.392 e. The molecule has 0 spiro atoms. The van der Waals surface area contributed by atoms with E-state index < -0.39 is 23.9 Å². The van der Waals surface area contributed by atoms with Crippen LogP contribution in [0, 0.1) is 11.8 Å². The highest BCUT2D eigenvalue weighted by molar-refractivity contribution is 5.86. The van der Waals surface area contributed by atoms with Gasteiger partial charge in [-0.1, -0.05) is 12.8 Å². The van der Waals surface area contributed by atoms with Crippen molar-refractivity contribution in [3.05, 3.63) is 0 Å². The number of likely N-dealkylation sites (N-methyl/N-ethyl adjacent to an activating group) is 1. The smallest absolute Gasteiger partial charge is 0.339 e. The van der Waals surface area contributed by atoms with Gasteiger partial charge in [0.05, 0.1) is 12.5 Å². The average Bonchev–Trinajstić information content (AvgIpc) is 2.54. The third-order valence-corrected chi connectivity index (χ3v) is 4.72. The van der Waals surface area contributed by atoms with Crippen molar-refractivity contribution in [1.82, 2.24) is 15.1 Å². The Balaban J connectivity index is 0.00000288. The number of halogens is 4. The topological polar surface area (TPSA) is 52.7 Å². The largest absolute Gasteiger partial charge is 0.392 e. The fourth-order valence-corrected chi connectivity index (χ4v) is 3.40. The van der Waals surface area contributed by atoms with Crippen LogP contribution in [0.4, 0.5) is 13.2 Å². The van der Waals surface area contributed by atoms with E-state index in [0.29, 0.717) is 39.0 Å². The quantitative estimate of drug-likeness (QED) is 0.821. The Hall–Kier alpha value is -1.02. The van der Waals surface area contributed by atoms with Gasteiger partial charge in [-0.25, -0.2) is 0 Å². The summed E-state index contributed by atoms with van der Waals surface area (Å²) < 4.78 is 39.3. The minimum Gasteiger partial charge on any atom is -0.339 e. The second kappa shape index (κ2) is 8.89. The van der Waals surface area contributed by atoms with Gasteiger partial charge in [0.2, 0.25) is 11.8 Å². The van der Waals surface area contributed by atoms with Crippen LogP contribution < -0.4 is 5.32 Å². The first-order valence-electron chi connectivity index (χ1n) is 8.11. The number of hydrogen-bond donors (Lipinski definition) is 1. The molecule has 2 aliphatic rings. The lowest BCUT2D eigenvalue weighted by atomic mass is 9.78. The third-order valence-electron chi connectivity index (χ3n) is 4.72. The molecule has 140 valence electrons. The fourth-order valence-electron chi connectivity index (χ4n) is 3.40. The molecule has 2 fully saturated rings. The summed E-state index contributed by atoms with van der Waals surface area (Å²) in [6.45, 7) is 2.37. The summed E-state index contributed by atoms with van der Waals surface area (Å²) in [6, 6.07) is 0. The van der Waals surface area contributed by atoms with E-state index in [1.54, 1.807) is 4.90 Å². The second-order valence-electron chi connectivity index (χ2n) is 6.36. The van der Waals surface area contributed by atoms with Gasteiger partial charge in [0.1, 0.15) is 0 Å². The second-order valence-corrected chi connectivity index (χ2v) is 6.36. The number of carbonyl (C=O) groups excluding carboxylic acids is 2. The predicted octanol–water partition coefficient (Wildman–Crippen LogP) is 1.67. The van der Waals surface area contributed by atoms with Crippen LogP contribution in [0.15, 0.2) is 0 Å². The summed E-state index contributed by atoms with van der Waals surface area (Å²) >= 11 is 0. The number of nitrogens with zero attached hydrogens (tertiary/aromatic N) is 2. The highest BCUT2D eigenvalue weighted by atomic mass is 35.5. The van der Waals surface area contributed by atoms with Crippen molar-refractivity contribution in [1.29, 1.82) is 0 Å². The molecule has 1 N–H and O–H groups in total. The van der Waals surface area contributed by atoms with Crippen LogP contribution in [0.3, 0.4) is 0 Å². The van der Waals surface area contributed by atoms with E-state index >= 15 is 0 Å². The van der Waals surface area contributed by atoms with Crippen molar-refractivity contribution in [2.75, 3.05) is 39.8 Å². The van der Waals surface area contributed by atoms with E-state index in [4.69, 9.17) is 0 Å². The standard InChI is InChI=1S/C15H24F3N3O2.ClH/c1-20(10-13(22)21-8-6-19-7-9-21)14(23)11-4-2-3-5-12(11)15(16,17)18;/h11-12,19H,2-10H2,1H3;1H. The highest BCUT2D eigenvalue weighted by Crippen LogP contribution is 2.42. The van der Waals surface area contributed by atoms with Gasteiger partial charge in [-0.15, -0.1) is 12.4 Å². The van der Waals surface area contributed by atoms with Crippen LogP contribution in [-0.2, 0) is 9.59 Å². The van der Waals surface area contributed by atoms with Crippen LogP contribution in [0.25, 0.3) is 0 Å². The zero-order valence-corrected chi connectivity index (χ0v) is 14.6. The average molecular weight is 372 g/mol. The molecule has 2 amide bonds. The zero-order valence-electron chi connectivity index (χ0n) is 13.8. The van der Waals surface area contributed by atoms with Crippen molar-refractivity contribution < 1.29 is 22.8 Å². The highest BCUT2D eigenvalue weighted by Gasteiger charge is 2.48.